The minimum atomic E-state index is 0.664. The zero-order valence-corrected chi connectivity index (χ0v) is 11.9. The summed E-state index contributed by atoms with van der Waals surface area (Å²) in [6, 6.07) is 10.6. The lowest BCUT2D eigenvalue weighted by atomic mass is 10.0. The van der Waals surface area contributed by atoms with E-state index < -0.39 is 0 Å². The van der Waals surface area contributed by atoms with Crippen molar-refractivity contribution in [3.63, 3.8) is 0 Å². The van der Waals surface area contributed by atoms with Crippen molar-refractivity contribution in [2.24, 2.45) is 5.73 Å². The van der Waals surface area contributed by atoms with Crippen molar-refractivity contribution in [2.45, 2.75) is 13.3 Å². The Kier molecular flexibility index (Phi) is 3.75. The third kappa shape index (κ3) is 2.83. The van der Waals surface area contributed by atoms with Gasteiger partial charge in [-0.15, -0.1) is 10.2 Å². The van der Waals surface area contributed by atoms with Crippen LogP contribution in [0, 0.1) is 6.92 Å². The molecule has 3 aromatic rings. The van der Waals surface area contributed by atoms with E-state index in [1.165, 1.54) is 5.56 Å². The number of nitrogens with two attached hydrogens (primary N) is 1. The van der Waals surface area contributed by atoms with Crippen molar-refractivity contribution in [1.82, 2.24) is 19.7 Å². The molecule has 0 saturated heterocycles. The molecule has 106 valence electrons. The molecule has 0 bridgehead atoms. The van der Waals surface area contributed by atoms with Crippen molar-refractivity contribution in [3.8, 4) is 16.9 Å². The van der Waals surface area contributed by atoms with Crippen LogP contribution in [0.25, 0.3) is 16.9 Å². The lowest BCUT2D eigenvalue weighted by molar-refractivity contribution is 0.968. The molecule has 0 fully saturated rings. The summed E-state index contributed by atoms with van der Waals surface area (Å²) in [7, 11) is 0. The summed E-state index contributed by atoms with van der Waals surface area (Å²) in [5.41, 5.74) is 10.1. The first-order chi connectivity index (χ1) is 10.3. The molecule has 5 heteroatoms. The number of rotatable bonds is 4. The van der Waals surface area contributed by atoms with Crippen molar-refractivity contribution >= 4 is 0 Å². The SMILES string of the molecule is Cc1cnc(-n2cnnc2)c(-c2ccc(CCN)cc2)c1. The maximum absolute atomic E-state index is 5.59. The molecule has 0 atom stereocenters. The van der Waals surface area contributed by atoms with E-state index >= 15 is 0 Å². The lowest BCUT2D eigenvalue weighted by Gasteiger charge is -2.10. The monoisotopic (exact) mass is 279 g/mol. The van der Waals surface area contributed by atoms with Crippen molar-refractivity contribution in [2.75, 3.05) is 6.54 Å². The Morgan fingerprint density at radius 2 is 1.81 bits per heavy atom. The second-order valence-corrected chi connectivity index (χ2v) is 4.99. The summed E-state index contributed by atoms with van der Waals surface area (Å²) < 4.78 is 1.82. The Hall–Kier alpha value is -2.53. The van der Waals surface area contributed by atoms with Crippen molar-refractivity contribution < 1.29 is 0 Å². The summed E-state index contributed by atoms with van der Waals surface area (Å²) >= 11 is 0. The van der Waals surface area contributed by atoms with Gasteiger partial charge in [0.25, 0.3) is 0 Å². The molecule has 1 aromatic carbocycles. The molecule has 2 aromatic heterocycles. The van der Waals surface area contributed by atoms with Crippen LogP contribution in [0.3, 0.4) is 0 Å². The Balaban J connectivity index is 2.06. The number of nitrogens with zero attached hydrogens (tertiary/aromatic N) is 4. The van der Waals surface area contributed by atoms with Crippen LogP contribution in [0.4, 0.5) is 0 Å². The summed E-state index contributed by atoms with van der Waals surface area (Å²) in [4.78, 5) is 4.52. The summed E-state index contributed by atoms with van der Waals surface area (Å²) in [6.45, 7) is 2.70. The zero-order valence-electron chi connectivity index (χ0n) is 11.9. The number of aromatic nitrogens is 4. The maximum atomic E-state index is 5.59. The molecule has 3 rings (SSSR count). The molecule has 0 spiro atoms. The van der Waals surface area contributed by atoms with Gasteiger partial charge >= 0.3 is 0 Å². The normalized spacial score (nSPS) is 10.8. The standard InChI is InChI=1S/C16H17N5/c1-12-8-15(14-4-2-13(3-5-14)6-7-17)16(18-9-12)21-10-19-20-11-21/h2-5,8-11H,6-7,17H2,1H3. The van der Waals surface area contributed by atoms with Crippen LogP contribution < -0.4 is 5.73 Å². The fourth-order valence-electron chi connectivity index (χ4n) is 2.31. The van der Waals surface area contributed by atoms with Gasteiger partial charge in [-0.25, -0.2) is 4.98 Å². The number of benzene rings is 1. The van der Waals surface area contributed by atoms with Gasteiger partial charge in [-0.2, -0.15) is 0 Å². The highest BCUT2D eigenvalue weighted by Gasteiger charge is 2.09. The van der Waals surface area contributed by atoms with Crippen LogP contribution in [0.1, 0.15) is 11.1 Å². The van der Waals surface area contributed by atoms with Crippen LogP contribution in [-0.2, 0) is 6.42 Å². The molecule has 0 radical (unpaired) electrons. The minimum absolute atomic E-state index is 0.664. The van der Waals surface area contributed by atoms with Gasteiger partial charge in [0.2, 0.25) is 0 Å². The van der Waals surface area contributed by atoms with E-state index in [0.717, 1.165) is 28.9 Å². The number of pyridine rings is 1. The average molecular weight is 279 g/mol. The zero-order chi connectivity index (χ0) is 14.7. The first-order valence-electron chi connectivity index (χ1n) is 6.89. The summed E-state index contributed by atoms with van der Waals surface area (Å²) in [5, 5.41) is 7.71. The maximum Gasteiger partial charge on any atom is 0.147 e. The van der Waals surface area contributed by atoms with Crippen LogP contribution in [0.15, 0.2) is 49.2 Å². The molecule has 2 N–H and O–H groups in total. The third-order valence-corrected chi connectivity index (χ3v) is 3.36. The highest BCUT2D eigenvalue weighted by molar-refractivity contribution is 5.71. The highest BCUT2D eigenvalue weighted by Crippen LogP contribution is 2.26. The predicted octanol–water partition coefficient (Wildman–Crippen LogP) is 2.14. The molecule has 0 aliphatic rings. The molecular weight excluding hydrogens is 262 g/mol. The largest absolute Gasteiger partial charge is 0.330 e. The molecule has 2 heterocycles. The number of aryl methyl sites for hydroxylation is 1. The van der Waals surface area contributed by atoms with Crippen molar-refractivity contribution in [1.29, 1.82) is 0 Å². The fourth-order valence-corrected chi connectivity index (χ4v) is 2.31. The Labute approximate surface area is 123 Å². The van der Waals surface area contributed by atoms with E-state index in [0.29, 0.717) is 6.54 Å². The van der Waals surface area contributed by atoms with E-state index in [1.54, 1.807) is 12.7 Å². The molecule has 0 aliphatic carbocycles. The Morgan fingerprint density at radius 1 is 1.10 bits per heavy atom. The van der Waals surface area contributed by atoms with Crippen molar-refractivity contribution in [3.05, 3.63) is 60.3 Å². The number of hydrogen-bond donors (Lipinski definition) is 1. The van der Waals surface area contributed by atoms with Gasteiger partial charge in [0.15, 0.2) is 0 Å². The van der Waals surface area contributed by atoms with Gasteiger partial charge in [-0.1, -0.05) is 24.3 Å². The van der Waals surface area contributed by atoms with Gasteiger partial charge < -0.3 is 5.73 Å². The first kappa shape index (κ1) is 13.5. The van der Waals surface area contributed by atoms with E-state index in [9.17, 15) is 0 Å². The molecule has 0 amide bonds. The molecule has 5 nitrogen and oxygen atoms in total. The van der Waals surface area contributed by atoms with Gasteiger partial charge in [-0.05, 0) is 42.6 Å². The average Bonchev–Trinajstić information content (AvgIpc) is 3.02. The van der Waals surface area contributed by atoms with E-state index in [2.05, 4.69) is 45.5 Å². The van der Waals surface area contributed by atoms with Crippen LogP contribution in [-0.4, -0.2) is 26.3 Å². The fraction of sp³-hybridized carbons (Fsp3) is 0.188. The predicted molar refractivity (Wildman–Crippen MR) is 82.1 cm³/mol. The van der Waals surface area contributed by atoms with Gasteiger partial charge in [0.05, 0.1) is 0 Å². The van der Waals surface area contributed by atoms with E-state index in [4.69, 9.17) is 5.73 Å². The minimum Gasteiger partial charge on any atom is -0.330 e. The van der Waals surface area contributed by atoms with Gasteiger partial charge in [0.1, 0.15) is 18.5 Å². The van der Waals surface area contributed by atoms with Gasteiger partial charge in [0, 0.05) is 11.8 Å². The quantitative estimate of drug-likeness (QED) is 0.794. The smallest absolute Gasteiger partial charge is 0.147 e. The number of hydrogen-bond acceptors (Lipinski definition) is 4. The summed E-state index contributed by atoms with van der Waals surface area (Å²) in [5.74, 6) is 0.831. The second kappa shape index (κ2) is 5.85. The topological polar surface area (TPSA) is 69.6 Å². The summed E-state index contributed by atoms with van der Waals surface area (Å²) in [6.07, 6.45) is 6.06. The molecule has 21 heavy (non-hydrogen) atoms. The molecule has 0 saturated carbocycles. The van der Waals surface area contributed by atoms with E-state index in [-0.39, 0.29) is 0 Å². The molecule has 0 aliphatic heterocycles. The molecule has 0 unspecified atom stereocenters. The molecular formula is C16H17N5. The third-order valence-electron chi connectivity index (χ3n) is 3.36. The van der Waals surface area contributed by atoms with Gasteiger partial charge in [-0.3, -0.25) is 4.57 Å². The highest BCUT2D eigenvalue weighted by atomic mass is 15.2. The van der Waals surface area contributed by atoms with Crippen LogP contribution in [0.2, 0.25) is 0 Å². The van der Waals surface area contributed by atoms with Crippen LogP contribution >= 0.6 is 0 Å². The Morgan fingerprint density at radius 3 is 2.48 bits per heavy atom. The Bertz CT molecular complexity index is 717. The second-order valence-electron chi connectivity index (χ2n) is 4.99. The van der Waals surface area contributed by atoms with Crippen LogP contribution in [0.5, 0.6) is 0 Å². The van der Waals surface area contributed by atoms with E-state index in [1.807, 2.05) is 17.7 Å². The lowest BCUT2D eigenvalue weighted by Crippen LogP contribution is -2.02. The first-order valence-corrected chi connectivity index (χ1v) is 6.89.